The van der Waals surface area contributed by atoms with Gasteiger partial charge in [0.25, 0.3) is 0 Å². The van der Waals surface area contributed by atoms with Crippen LogP contribution in [0.5, 0.6) is 0 Å². The molecule has 2 aromatic carbocycles. The first kappa shape index (κ1) is 14.1. The SMILES string of the molecule is Cc1ccccc1CNCc1ccc(C(N)=NO)cc1. The Hall–Kier alpha value is -2.33. The summed E-state index contributed by atoms with van der Waals surface area (Å²) in [5.41, 5.74) is 10.00. The summed E-state index contributed by atoms with van der Waals surface area (Å²) in [6.45, 7) is 3.74. The van der Waals surface area contributed by atoms with Crippen LogP contribution in [0.2, 0.25) is 0 Å². The fourth-order valence-electron chi connectivity index (χ4n) is 2.00. The number of rotatable bonds is 5. The maximum atomic E-state index is 8.60. The van der Waals surface area contributed by atoms with Crippen molar-refractivity contribution in [1.29, 1.82) is 0 Å². The van der Waals surface area contributed by atoms with Gasteiger partial charge in [-0.2, -0.15) is 0 Å². The van der Waals surface area contributed by atoms with Crippen LogP contribution < -0.4 is 11.1 Å². The number of nitrogens with two attached hydrogens (primary N) is 1. The van der Waals surface area contributed by atoms with Crippen LogP contribution in [0.15, 0.2) is 53.7 Å². The molecule has 4 heteroatoms. The highest BCUT2D eigenvalue weighted by Crippen LogP contribution is 2.08. The van der Waals surface area contributed by atoms with Gasteiger partial charge in [-0.15, -0.1) is 0 Å². The van der Waals surface area contributed by atoms with Gasteiger partial charge in [0, 0.05) is 18.7 Å². The summed E-state index contributed by atoms with van der Waals surface area (Å²) < 4.78 is 0. The number of hydrogen-bond acceptors (Lipinski definition) is 3. The second-order valence-electron chi connectivity index (χ2n) is 4.71. The predicted octanol–water partition coefficient (Wildman–Crippen LogP) is 2.38. The highest BCUT2D eigenvalue weighted by Gasteiger charge is 2.00. The van der Waals surface area contributed by atoms with E-state index in [2.05, 4.69) is 35.6 Å². The van der Waals surface area contributed by atoms with Crippen molar-refractivity contribution in [3.05, 3.63) is 70.8 Å². The van der Waals surface area contributed by atoms with E-state index in [0.717, 1.165) is 24.2 Å². The van der Waals surface area contributed by atoms with Gasteiger partial charge < -0.3 is 16.3 Å². The van der Waals surface area contributed by atoms with Crippen molar-refractivity contribution in [2.24, 2.45) is 10.9 Å². The second-order valence-corrected chi connectivity index (χ2v) is 4.71. The standard InChI is InChI=1S/C16H19N3O/c1-12-4-2-3-5-15(12)11-18-10-13-6-8-14(9-7-13)16(17)19-20/h2-9,18,20H,10-11H2,1H3,(H2,17,19). The van der Waals surface area contributed by atoms with Gasteiger partial charge in [-0.1, -0.05) is 53.7 Å². The largest absolute Gasteiger partial charge is 0.409 e. The third kappa shape index (κ3) is 3.59. The van der Waals surface area contributed by atoms with E-state index in [9.17, 15) is 0 Å². The fraction of sp³-hybridized carbons (Fsp3) is 0.188. The summed E-state index contributed by atoms with van der Waals surface area (Å²) in [5, 5.41) is 15.0. The molecular formula is C16H19N3O. The number of aryl methyl sites for hydroxylation is 1. The monoisotopic (exact) mass is 269 g/mol. The van der Waals surface area contributed by atoms with Crippen molar-refractivity contribution >= 4 is 5.84 Å². The zero-order valence-electron chi connectivity index (χ0n) is 11.5. The Labute approximate surface area is 118 Å². The van der Waals surface area contributed by atoms with Gasteiger partial charge >= 0.3 is 0 Å². The Kier molecular flexibility index (Phi) is 4.74. The molecular weight excluding hydrogens is 250 g/mol. The average Bonchev–Trinajstić information content (AvgIpc) is 2.49. The molecule has 0 atom stereocenters. The summed E-state index contributed by atoms with van der Waals surface area (Å²) in [5.74, 6) is 0.129. The van der Waals surface area contributed by atoms with Crippen LogP contribution in [0.1, 0.15) is 22.3 Å². The van der Waals surface area contributed by atoms with Crippen molar-refractivity contribution in [2.75, 3.05) is 0 Å². The van der Waals surface area contributed by atoms with Crippen LogP contribution in [0, 0.1) is 6.92 Å². The lowest BCUT2D eigenvalue weighted by molar-refractivity contribution is 0.318. The van der Waals surface area contributed by atoms with Crippen molar-refractivity contribution in [2.45, 2.75) is 20.0 Å². The lowest BCUT2D eigenvalue weighted by Crippen LogP contribution is -2.15. The number of amidine groups is 1. The molecule has 0 unspecified atom stereocenters. The highest BCUT2D eigenvalue weighted by molar-refractivity contribution is 5.96. The van der Waals surface area contributed by atoms with Gasteiger partial charge in [0.1, 0.15) is 0 Å². The van der Waals surface area contributed by atoms with Crippen LogP contribution in [0.3, 0.4) is 0 Å². The summed E-state index contributed by atoms with van der Waals surface area (Å²) in [6.07, 6.45) is 0. The molecule has 0 saturated heterocycles. The van der Waals surface area contributed by atoms with Crippen molar-refractivity contribution in [3.63, 3.8) is 0 Å². The first-order valence-electron chi connectivity index (χ1n) is 6.53. The summed E-state index contributed by atoms with van der Waals surface area (Å²) in [4.78, 5) is 0. The molecule has 0 heterocycles. The summed E-state index contributed by atoms with van der Waals surface area (Å²) >= 11 is 0. The summed E-state index contributed by atoms with van der Waals surface area (Å²) in [7, 11) is 0. The van der Waals surface area contributed by atoms with Gasteiger partial charge in [0.2, 0.25) is 0 Å². The average molecular weight is 269 g/mol. The summed E-state index contributed by atoms with van der Waals surface area (Å²) in [6, 6.07) is 16.0. The first-order valence-corrected chi connectivity index (χ1v) is 6.53. The Balaban J connectivity index is 1.90. The van der Waals surface area contributed by atoms with E-state index < -0.39 is 0 Å². The number of oxime groups is 1. The molecule has 0 aliphatic rings. The van der Waals surface area contributed by atoms with Gasteiger partial charge in [0.15, 0.2) is 5.84 Å². The zero-order chi connectivity index (χ0) is 14.4. The smallest absolute Gasteiger partial charge is 0.170 e. The molecule has 4 N–H and O–H groups in total. The quantitative estimate of drug-likeness (QED) is 0.338. The molecule has 2 aromatic rings. The van der Waals surface area contributed by atoms with Crippen LogP contribution >= 0.6 is 0 Å². The molecule has 0 amide bonds. The minimum absolute atomic E-state index is 0.129. The van der Waals surface area contributed by atoms with Crippen molar-refractivity contribution < 1.29 is 5.21 Å². The minimum Gasteiger partial charge on any atom is -0.409 e. The highest BCUT2D eigenvalue weighted by atomic mass is 16.4. The van der Waals surface area contributed by atoms with Gasteiger partial charge in [0.05, 0.1) is 0 Å². The van der Waals surface area contributed by atoms with E-state index in [4.69, 9.17) is 10.9 Å². The van der Waals surface area contributed by atoms with E-state index in [1.54, 1.807) is 0 Å². The molecule has 0 spiro atoms. The molecule has 20 heavy (non-hydrogen) atoms. The maximum Gasteiger partial charge on any atom is 0.170 e. The molecule has 4 nitrogen and oxygen atoms in total. The van der Waals surface area contributed by atoms with Crippen LogP contribution in [0.4, 0.5) is 0 Å². The topological polar surface area (TPSA) is 70.6 Å². The molecule has 0 aliphatic carbocycles. The maximum absolute atomic E-state index is 8.60. The van der Waals surface area contributed by atoms with Gasteiger partial charge in [-0.05, 0) is 23.6 Å². The van der Waals surface area contributed by atoms with Gasteiger partial charge in [-0.3, -0.25) is 0 Å². The lowest BCUT2D eigenvalue weighted by Gasteiger charge is -2.08. The number of benzene rings is 2. The molecule has 0 aliphatic heterocycles. The predicted molar refractivity (Wildman–Crippen MR) is 80.7 cm³/mol. The van der Waals surface area contributed by atoms with Crippen LogP contribution in [-0.2, 0) is 13.1 Å². The first-order chi connectivity index (χ1) is 9.70. The molecule has 104 valence electrons. The third-order valence-corrected chi connectivity index (χ3v) is 3.26. The van der Waals surface area contributed by atoms with Crippen molar-refractivity contribution in [1.82, 2.24) is 5.32 Å². The van der Waals surface area contributed by atoms with Crippen LogP contribution in [-0.4, -0.2) is 11.0 Å². The van der Waals surface area contributed by atoms with E-state index in [0.29, 0.717) is 0 Å². The molecule has 0 saturated carbocycles. The molecule has 0 aromatic heterocycles. The third-order valence-electron chi connectivity index (χ3n) is 3.26. The molecule has 0 radical (unpaired) electrons. The Bertz CT molecular complexity index is 591. The van der Waals surface area contributed by atoms with E-state index in [1.165, 1.54) is 11.1 Å². The van der Waals surface area contributed by atoms with Crippen molar-refractivity contribution in [3.8, 4) is 0 Å². The van der Waals surface area contributed by atoms with Gasteiger partial charge in [-0.25, -0.2) is 0 Å². The fourth-order valence-corrected chi connectivity index (χ4v) is 2.00. The molecule has 2 rings (SSSR count). The number of nitrogens with one attached hydrogen (secondary N) is 1. The van der Waals surface area contributed by atoms with E-state index in [-0.39, 0.29) is 5.84 Å². The Morgan fingerprint density at radius 2 is 1.80 bits per heavy atom. The lowest BCUT2D eigenvalue weighted by atomic mass is 10.1. The normalized spacial score (nSPS) is 11.6. The molecule has 0 fully saturated rings. The van der Waals surface area contributed by atoms with E-state index in [1.807, 2.05) is 30.3 Å². The van der Waals surface area contributed by atoms with Crippen LogP contribution in [0.25, 0.3) is 0 Å². The Morgan fingerprint density at radius 3 is 2.45 bits per heavy atom. The zero-order valence-corrected chi connectivity index (χ0v) is 11.5. The minimum atomic E-state index is 0.129. The number of hydrogen-bond donors (Lipinski definition) is 3. The second kappa shape index (κ2) is 6.73. The number of nitrogens with zero attached hydrogens (tertiary/aromatic N) is 1. The Morgan fingerprint density at radius 1 is 1.10 bits per heavy atom. The van der Waals surface area contributed by atoms with E-state index >= 15 is 0 Å². The molecule has 0 bridgehead atoms.